The third-order valence-corrected chi connectivity index (χ3v) is 6.66. The molecular weight excluding hydrogens is 423 g/mol. The van der Waals surface area contributed by atoms with E-state index in [4.69, 9.17) is 11.6 Å². The van der Waals surface area contributed by atoms with Crippen LogP contribution in [0.1, 0.15) is 51.0 Å². The Morgan fingerprint density at radius 3 is 2.68 bits per heavy atom. The summed E-state index contributed by atoms with van der Waals surface area (Å²) in [6.07, 6.45) is 4.96. The second-order valence-electron chi connectivity index (χ2n) is 9.17. The Hall–Kier alpha value is -1.46. The highest BCUT2D eigenvalue weighted by Gasteiger charge is 2.30. The van der Waals surface area contributed by atoms with Crippen LogP contribution in [0.3, 0.4) is 0 Å². The Kier molecular flexibility index (Phi) is 8.51. The first-order valence-corrected chi connectivity index (χ1v) is 11.5. The van der Waals surface area contributed by atoms with E-state index in [1.165, 1.54) is 6.07 Å². The number of hydrogen-bond donors (Lipinski definition) is 1. The summed E-state index contributed by atoms with van der Waals surface area (Å²) in [7, 11) is 0. The van der Waals surface area contributed by atoms with Gasteiger partial charge in [0, 0.05) is 43.3 Å². The molecule has 0 aromatic heterocycles. The largest absolute Gasteiger partial charge is 0.382 e. The molecule has 31 heavy (non-hydrogen) atoms. The van der Waals surface area contributed by atoms with Gasteiger partial charge in [-0.1, -0.05) is 18.2 Å². The first-order valence-electron chi connectivity index (χ1n) is 11.2. The fraction of sp³-hybridized carbons (Fsp3) is 0.625. The van der Waals surface area contributed by atoms with E-state index in [1.54, 1.807) is 6.92 Å². The van der Waals surface area contributed by atoms with Crippen LogP contribution < -0.4 is 5.32 Å². The van der Waals surface area contributed by atoms with Crippen molar-refractivity contribution < 1.29 is 13.2 Å². The zero-order chi connectivity index (χ0) is 22.4. The Bertz CT molecular complexity index is 798. The van der Waals surface area contributed by atoms with Gasteiger partial charge in [0.25, 0.3) is 0 Å². The molecule has 2 fully saturated rings. The van der Waals surface area contributed by atoms with E-state index in [2.05, 4.69) is 27.4 Å². The van der Waals surface area contributed by atoms with Crippen molar-refractivity contribution in [2.24, 2.45) is 5.92 Å². The number of nitrogens with one attached hydrogen (secondary N) is 1. The number of alkyl halides is 1. The molecule has 1 aliphatic carbocycles. The summed E-state index contributed by atoms with van der Waals surface area (Å²) in [5.74, 6) is -1.21. The van der Waals surface area contributed by atoms with E-state index in [-0.39, 0.29) is 5.02 Å². The average Bonchev–Trinajstić information content (AvgIpc) is 3.16. The number of halogens is 4. The maximum atomic E-state index is 14.0. The Morgan fingerprint density at radius 2 is 1.97 bits per heavy atom. The van der Waals surface area contributed by atoms with E-state index in [0.29, 0.717) is 30.9 Å². The van der Waals surface area contributed by atoms with Crippen molar-refractivity contribution in [3.63, 3.8) is 0 Å². The second-order valence-corrected chi connectivity index (χ2v) is 9.61. The van der Waals surface area contributed by atoms with Crippen molar-refractivity contribution in [1.29, 1.82) is 0 Å². The number of nitrogens with zero attached hydrogens (tertiary/aromatic N) is 2. The van der Waals surface area contributed by atoms with Gasteiger partial charge < -0.3 is 5.32 Å². The molecule has 1 aromatic carbocycles. The highest BCUT2D eigenvalue weighted by molar-refractivity contribution is 6.30. The summed E-state index contributed by atoms with van der Waals surface area (Å²) in [6.45, 7) is 10.0. The Morgan fingerprint density at radius 1 is 1.26 bits per heavy atom. The van der Waals surface area contributed by atoms with Crippen LogP contribution in [0.4, 0.5) is 13.2 Å². The van der Waals surface area contributed by atoms with Gasteiger partial charge >= 0.3 is 0 Å². The maximum absolute atomic E-state index is 14.0. The molecule has 1 heterocycles. The molecule has 0 amide bonds. The van der Waals surface area contributed by atoms with Crippen LogP contribution in [0.5, 0.6) is 0 Å². The molecule has 0 spiro atoms. The number of benzene rings is 1. The van der Waals surface area contributed by atoms with E-state index >= 15 is 0 Å². The van der Waals surface area contributed by atoms with Crippen LogP contribution in [-0.4, -0.2) is 48.3 Å². The molecule has 0 bridgehead atoms. The molecule has 3 nitrogen and oxygen atoms in total. The predicted molar refractivity (Wildman–Crippen MR) is 120 cm³/mol. The maximum Gasteiger partial charge on any atom is 0.163 e. The lowest BCUT2D eigenvalue weighted by Crippen LogP contribution is -2.29. The van der Waals surface area contributed by atoms with Crippen LogP contribution in [0.25, 0.3) is 0 Å². The molecule has 1 saturated carbocycles. The monoisotopic (exact) mass is 455 g/mol. The van der Waals surface area contributed by atoms with Crippen LogP contribution in [-0.2, 0) is 6.54 Å². The summed E-state index contributed by atoms with van der Waals surface area (Å²) >= 11 is 5.86. The van der Waals surface area contributed by atoms with Gasteiger partial charge in [0.05, 0.1) is 12.4 Å². The minimum Gasteiger partial charge on any atom is -0.382 e. The van der Waals surface area contributed by atoms with Crippen LogP contribution >= 0.6 is 11.6 Å². The van der Waals surface area contributed by atoms with E-state index in [0.717, 1.165) is 70.3 Å². The number of allylic oxidation sites excluding steroid dienone is 1. The first-order chi connectivity index (χ1) is 14.8. The molecule has 1 saturated heterocycles. The van der Waals surface area contributed by atoms with Crippen molar-refractivity contribution in [1.82, 2.24) is 15.1 Å². The first kappa shape index (κ1) is 24.2. The molecule has 0 radical (unpaired) electrons. The van der Waals surface area contributed by atoms with Gasteiger partial charge in [-0.2, -0.15) is 0 Å². The SMILES string of the molecule is C=C=C(CC1CCC(C)(F)CC1)NCCCN1CCN(Cc2cc(Cl)cc(F)c2F)C1. The molecule has 172 valence electrons. The second kappa shape index (κ2) is 10.9. The predicted octanol–water partition coefficient (Wildman–Crippen LogP) is 5.65. The summed E-state index contributed by atoms with van der Waals surface area (Å²) in [4.78, 5) is 4.40. The normalized spacial score (nSPS) is 24.9. The molecule has 0 unspecified atom stereocenters. The van der Waals surface area contributed by atoms with Crippen molar-refractivity contribution in [2.45, 2.75) is 57.7 Å². The van der Waals surface area contributed by atoms with Crippen molar-refractivity contribution >= 4 is 11.6 Å². The third kappa shape index (κ3) is 7.28. The van der Waals surface area contributed by atoms with E-state index in [1.807, 2.05) is 0 Å². The fourth-order valence-electron chi connectivity index (χ4n) is 4.50. The molecule has 0 atom stereocenters. The Labute approximate surface area is 188 Å². The summed E-state index contributed by atoms with van der Waals surface area (Å²) in [5.41, 5.74) is 3.33. The van der Waals surface area contributed by atoms with Crippen molar-refractivity contribution in [2.75, 3.05) is 32.8 Å². The molecule has 1 aliphatic heterocycles. The highest BCUT2D eigenvalue weighted by atomic mass is 35.5. The lowest BCUT2D eigenvalue weighted by molar-refractivity contribution is 0.103. The smallest absolute Gasteiger partial charge is 0.163 e. The van der Waals surface area contributed by atoms with Crippen LogP contribution in [0.2, 0.25) is 5.02 Å². The van der Waals surface area contributed by atoms with Gasteiger partial charge in [-0.25, -0.2) is 13.2 Å². The van der Waals surface area contributed by atoms with Gasteiger partial charge in [0.2, 0.25) is 0 Å². The highest BCUT2D eigenvalue weighted by Crippen LogP contribution is 2.36. The van der Waals surface area contributed by atoms with Gasteiger partial charge in [-0.05, 0) is 63.5 Å². The quantitative estimate of drug-likeness (QED) is 0.295. The van der Waals surface area contributed by atoms with Gasteiger partial charge in [0.15, 0.2) is 11.6 Å². The minimum absolute atomic E-state index is 0.217. The van der Waals surface area contributed by atoms with Gasteiger partial charge in [-0.3, -0.25) is 9.80 Å². The summed E-state index contributed by atoms with van der Waals surface area (Å²) in [6, 6.07) is 2.50. The Balaban J connectivity index is 1.35. The standard InChI is InChI=1S/C24H33ClF3N3/c1-3-21(13-18-5-7-24(2,28)8-6-18)29-9-4-10-30-11-12-31(17-30)16-19-14-20(25)15-22(26)23(19)27/h14-15,18,29H,1,4-13,16-17H2,2H3. The van der Waals surface area contributed by atoms with Crippen LogP contribution in [0.15, 0.2) is 30.1 Å². The topological polar surface area (TPSA) is 18.5 Å². The van der Waals surface area contributed by atoms with E-state index in [9.17, 15) is 13.2 Å². The molecule has 1 aromatic rings. The van der Waals surface area contributed by atoms with Gasteiger partial charge in [0.1, 0.15) is 5.67 Å². The van der Waals surface area contributed by atoms with Gasteiger partial charge in [-0.15, -0.1) is 5.73 Å². The summed E-state index contributed by atoms with van der Waals surface area (Å²) < 4.78 is 41.5. The molecule has 7 heteroatoms. The van der Waals surface area contributed by atoms with Crippen LogP contribution in [0, 0.1) is 17.6 Å². The zero-order valence-corrected chi connectivity index (χ0v) is 19.1. The number of rotatable bonds is 9. The molecule has 2 aliphatic rings. The van der Waals surface area contributed by atoms with E-state index < -0.39 is 17.3 Å². The number of hydrogen-bond acceptors (Lipinski definition) is 3. The zero-order valence-electron chi connectivity index (χ0n) is 18.3. The third-order valence-electron chi connectivity index (χ3n) is 6.44. The van der Waals surface area contributed by atoms with Crippen molar-refractivity contribution in [3.05, 3.63) is 52.4 Å². The average molecular weight is 456 g/mol. The lowest BCUT2D eigenvalue weighted by Gasteiger charge is -2.31. The van der Waals surface area contributed by atoms with Crippen molar-refractivity contribution in [3.8, 4) is 0 Å². The lowest BCUT2D eigenvalue weighted by atomic mass is 9.79. The molecule has 3 rings (SSSR count). The minimum atomic E-state index is -1.00. The summed E-state index contributed by atoms with van der Waals surface area (Å²) in [5, 5.41) is 3.65. The molecular formula is C24H33ClF3N3. The molecule has 1 N–H and O–H groups in total. The fourth-order valence-corrected chi connectivity index (χ4v) is 4.73.